The number of rotatable bonds is 6. The van der Waals surface area contributed by atoms with Gasteiger partial charge in [0.1, 0.15) is 5.75 Å². The summed E-state index contributed by atoms with van der Waals surface area (Å²) < 4.78 is 10.3. The Morgan fingerprint density at radius 1 is 0.944 bits per heavy atom. The molecule has 3 aliphatic heterocycles. The Morgan fingerprint density at radius 3 is 2.31 bits per heavy atom. The quantitative estimate of drug-likeness (QED) is 0.612. The van der Waals surface area contributed by atoms with Crippen molar-refractivity contribution < 1.29 is 19.1 Å². The maximum Gasteiger partial charge on any atom is 0.409 e. The minimum absolute atomic E-state index is 0.213. The average Bonchev–Trinajstić information content (AvgIpc) is 3.47. The molecular weight excluding hydrogens is 454 g/mol. The van der Waals surface area contributed by atoms with Crippen LogP contribution in [0.1, 0.15) is 36.3 Å². The lowest BCUT2D eigenvalue weighted by molar-refractivity contribution is -0.139. The van der Waals surface area contributed by atoms with Crippen LogP contribution in [0.3, 0.4) is 0 Å². The number of carbonyl (C=O) groups excluding carboxylic acids is 2. The minimum Gasteiger partial charge on any atom is -0.497 e. The molecule has 3 saturated heterocycles. The molecule has 1 spiro atoms. The molecule has 7 heteroatoms. The first-order valence-electron chi connectivity index (χ1n) is 13.0. The van der Waals surface area contributed by atoms with Crippen LogP contribution in [0.5, 0.6) is 5.75 Å². The molecule has 5 rings (SSSR count). The second kappa shape index (κ2) is 10.5. The number of amides is 2. The molecule has 7 nitrogen and oxygen atoms in total. The van der Waals surface area contributed by atoms with E-state index in [1.54, 1.807) is 7.11 Å². The molecule has 2 atom stereocenters. The first-order chi connectivity index (χ1) is 17.5. The van der Waals surface area contributed by atoms with Crippen molar-refractivity contribution in [2.24, 2.45) is 11.3 Å². The van der Waals surface area contributed by atoms with Gasteiger partial charge in [0.05, 0.1) is 19.6 Å². The highest BCUT2D eigenvalue weighted by atomic mass is 16.5. The van der Waals surface area contributed by atoms with E-state index in [0.29, 0.717) is 37.4 Å². The van der Waals surface area contributed by atoms with Crippen LogP contribution in [-0.4, -0.2) is 80.2 Å². The van der Waals surface area contributed by atoms with Crippen LogP contribution < -0.4 is 4.74 Å². The molecule has 0 N–H and O–H groups in total. The number of carbonyl (C=O) groups is 2. The van der Waals surface area contributed by atoms with E-state index in [9.17, 15) is 9.59 Å². The number of hydrogen-bond acceptors (Lipinski definition) is 5. The van der Waals surface area contributed by atoms with Crippen molar-refractivity contribution in [3.63, 3.8) is 0 Å². The summed E-state index contributed by atoms with van der Waals surface area (Å²) >= 11 is 0. The van der Waals surface area contributed by atoms with Gasteiger partial charge in [0.25, 0.3) is 0 Å². The van der Waals surface area contributed by atoms with Gasteiger partial charge in [-0.1, -0.05) is 42.5 Å². The number of likely N-dealkylation sites (tertiary alicyclic amines) is 3. The summed E-state index contributed by atoms with van der Waals surface area (Å²) in [7, 11) is 3.12. The van der Waals surface area contributed by atoms with Gasteiger partial charge in [-0.05, 0) is 61.5 Å². The highest BCUT2D eigenvalue weighted by Crippen LogP contribution is 2.43. The Kier molecular flexibility index (Phi) is 7.19. The van der Waals surface area contributed by atoms with Crippen molar-refractivity contribution in [1.29, 1.82) is 0 Å². The number of ether oxygens (including phenoxy) is 2. The molecule has 2 aromatic rings. The summed E-state index contributed by atoms with van der Waals surface area (Å²) in [5, 5.41) is 0. The Hall–Kier alpha value is -3.06. The van der Waals surface area contributed by atoms with Crippen molar-refractivity contribution in [2.75, 3.05) is 53.5 Å². The molecule has 36 heavy (non-hydrogen) atoms. The van der Waals surface area contributed by atoms with E-state index >= 15 is 0 Å². The standard InChI is InChI=1S/C29H37N3O4/c1-35-25-10-8-22(9-11-25)18-31-17-14-29(27(31)33)12-15-30(16-13-29)19-24-20-32(28(34)36-2)21-26(24)23-6-4-3-5-7-23/h3-11,24,26H,12-21H2,1-2H3/t24-,26?/m0/s1. The zero-order valence-electron chi connectivity index (χ0n) is 21.4. The van der Waals surface area contributed by atoms with Crippen molar-refractivity contribution in [1.82, 2.24) is 14.7 Å². The van der Waals surface area contributed by atoms with E-state index in [-0.39, 0.29) is 11.5 Å². The van der Waals surface area contributed by atoms with Gasteiger partial charge < -0.3 is 24.2 Å². The number of methoxy groups -OCH3 is 2. The van der Waals surface area contributed by atoms with Gasteiger partial charge in [-0.15, -0.1) is 0 Å². The van der Waals surface area contributed by atoms with Gasteiger partial charge in [0, 0.05) is 38.6 Å². The maximum absolute atomic E-state index is 13.5. The van der Waals surface area contributed by atoms with E-state index in [0.717, 1.165) is 56.8 Å². The number of nitrogens with zero attached hydrogens (tertiary/aromatic N) is 3. The van der Waals surface area contributed by atoms with Crippen molar-refractivity contribution in [2.45, 2.75) is 31.7 Å². The predicted molar refractivity (Wildman–Crippen MR) is 138 cm³/mol. The molecule has 192 valence electrons. The molecular formula is C29H37N3O4. The maximum atomic E-state index is 13.5. The van der Waals surface area contributed by atoms with E-state index in [1.807, 2.05) is 40.1 Å². The molecule has 3 heterocycles. The van der Waals surface area contributed by atoms with E-state index in [2.05, 4.69) is 29.2 Å². The number of benzene rings is 2. The zero-order chi connectivity index (χ0) is 25.1. The Morgan fingerprint density at radius 2 is 1.64 bits per heavy atom. The lowest BCUT2D eigenvalue weighted by atomic mass is 9.76. The molecule has 1 unspecified atom stereocenters. The smallest absolute Gasteiger partial charge is 0.409 e. The van der Waals surface area contributed by atoms with Crippen molar-refractivity contribution in [3.8, 4) is 5.75 Å². The largest absolute Gasteiger partial charge is 0.497 e. The Bertz CT molecular complexity index is 1050. The van der Waals surface area contributed by atoms with E-state index < -0.39 is 0 Å². The molecule has 3 fully saturated rings. The summed E-state index contributed by atoms with van der Waals surface area (Å²) in [6.07, 6.45) is 2.52. The van der Waals surface area contributed by atoms with Crippen LogP contribution >= 0.6 is 0 Å². The SMILES string of the molecule is COC(=O)N1CC(c2ccccc2)[C@@H](CN2CCC3(CC2)CCN(Cc2ccc(OC)cc2)C3=O)C1. The zero-order valence-corrected chi connectivity index (χ0v) is 21.4. The lowest BCUT2D eigenvalue weighted by Crippen LogP contribution is -2.46. The van der Waals surface area contributed by atoms with Gasteiger partial charge in [-0.3, -0.25) is 4.79 Å². The van der Waals surface area contributed by atoms with Gasteiger partial charge in [0.2, 0.25) is 5.91 Å². The van der Waals surface area contributed by atoms with E-state index in [1.165, 1.54) is 12.7 Å². The summed E-state index contributed by atoms with van der Waals surface area (Å²) in [6.45, 7) is 5.69. The predicted octanol–water partition coefficient (Wildman–Crippen LogP) is 3.99. The summed E-state index contributed by atoms with van der Waals surface area (Å²) in [5.41, 5.74) is 2.21. The van der Waals surface area contributed by atoms with Crippen molar-refractivity contribution >= 4 is 12.0 Å². The normalized spacial score (nSPS) is 23.9. The molecule has 0 bridgehead atoms. The molecule has 2 amide bonds. The van der Waals surface area contributed by atoms with Crippen LogP contribution in [0, 0.1) is 11.3 Å². The highest BCUT2D eigenvalue weighted by Gasteiger charge is 2.48. The van der Waals surface area contributed by atoms with Gasteiger partial charge in [0.15, 0.2) is 0 Å². The summed E-state index contributed by atoms with van der Waals surface area (Å²) in [4.78, 5) is 32.1. The number of hydrogen-bond donors (Lipinski definition) is 0. The summed E-state index contributed by atoms with van der Waals surface area (Å²) in [6, 6.07) is 18.5. The third-order valence-electron chi connectivity index (χ3n) is 8.54. The third kappa shape index (κ3) is 4.94. The fraction of sp³-hybridized carbons (Fsp3) is 0.517. The van der Waals surface area contributed by atoms with Crippen LogP contribution in [0.4, 0.5) is 4.79 Å². The molecule has 2 aromatic carbocycles. The highest BCUT2D eigenvalue weighted by molar-refractivity contribution is 5.85. The topological polar surface area (TPSA) is 62.3 Å². The second-order valence-electron chi connectivity index (χ2n) is 10.6. The first-order valence-corrected chi connectivity index (χ1v) is 13.0. The first kappa shape index (κ1) is 24.6. The fourth-order valence-electron chi connectivity index (χ4n) is 6.37. The van der Waals surface area contributed by atoms with Crippen molar-refractivity contribution in [3.05, 3.63) is 65.7 Å². The van der Waals surface area contributed by atoms with Crippen LogP contribution in [0.2, 0.25) is 0 Å². The van der Waals surface area contributed by atoms with Gasteiger partial charge >= 0.3 is 6.09 Å². The monoisotopic (exact) mass is 491 g/mol. The molecule has 0 aromatic heterocycles. The van der Waals surface area contributed by atoms with E-state index in [4.69, 9.17) is 9.47 Å². The molecule has 3 aliphatic rings. The minimum atomic E-state index is -0.246. The van der Waals surface area contributed by atoms with Gasteiger partial charge in [-0.2, -0.15) is 0 Å². The fourth-order valence-corrected chi connectivity index (χ4v) is 6.37. The summed E-state index contributed by atoms with van der Waals surface area (Å²) in [5.74, 6) is 1.81. The van der Waals surface area contributed by atoms with Crippen LogP contribution in [0.25, 0.3) is 0 Å². The third-order valence-corrected chi connectivity index (χ3v) is 8.54. The van der Waals surface area contributed by atoms with Crippen LogP contribution in [-0.2, 0) is 16.1 Å². The van der Waals surface area contributed by atoms with Gasteiger partial charge in [-0.25, -0.2) is 4.79 Å². The Balaban J connectivity index is 1.19. The Labute approximate surface area is 214 Å². The lowest BCUT2D eigenvalue weighted by Gasteiger charge is -2.39. The molecule has 0 saturated carbocycles. The van der Waals surface area contributed by atoms with Crippen LogP contribution in [0.15, 0.2) is 54.6 Å². The second-order valence-corrected chi connectivity index (χ2v) is 10.6. The molecule has 0 aliphatic carbocycles. The average molecular weight is 492 g/mol. The molecule has 0 radical (unpaired) electrons. The number of piperidine rings is 1.